The Kier molecular flexibility index (Phi) is 4.16. The zero-order valence-corrected chi connectivity index (χ0v) is 16.6. The molecule has 10 nitrogen and oxygen atoms in total. The molecule has 148 valence electrons. The van der Waals surface area contributed by atoms with Crippen LogP contribution in [0.3, 0.4) is 0 Å². The molecular formula is C18H19N9OS. The van der Waals surface area contributed by atoms with Gasteiger partial charge in [-0.05, 0) is 12.1 Å². The molecule has 0 aliphatic carbocycles. The Morgan fingerprint density at radius 1 is 1.14 bits per heavy atom. The average Bonchev–Trinajstić information content (AvgIpc) is 3.32. The fraction of sp³-hybridized carbons (Fsp3) is 0.278. The summed E-state index contributed by atoms with van der Waals surface area (Å²) in [6.45, 7) is 2.40. The summed E-state index contributed by atoms with van der Waals surface area (Å²) in [7, 11) is 1.89. The largest absolute Gasteiger partial charge is 0.368 e. The van der Waals surface area contributed by atoms with Crippen molar-refractivity contribution in [2.45, 2.75) is 0 Å². The molecule has 0 bridgehead atoms. The van der Waals surface area contributed by atoms with Gasteiger partial charge in [-0.1, -0.05) is 12.1 Å². The quantitative estimate of drug-likeness (QED) is 0.519. The van der Waals surface area contributed by atoms with Crippen LogP contribution in [0.1, 0.15) is 0 Å². The van der Waals surface area contributed by atoms with Gasteiger partial charge in [-0.2, -0.15) is 4.98 Å². The highest BCUT2D eigenvalue weighted by Gasteiger charge is 2.25. The SMILES string of the molecule is Cn1c(NC(=O)N2CCN(c3nc(N)nc4scnc34)CC2)nc2ccccc21. The van der Waals surface area contributed by atoms with E-state index in [0.29, 0.717) is 32.1 Å². The number of benzene rings is 1. The summed E-state index contributed by atoms with van der Waals surface area (Å²) in [6, 6.07) is 7.62. The lowest BCUT2D eigenvalue weighted by molar-refractivity contribution is 0.208. The molecule has 0 radical (unpaired) electrons. The van der Waals surface area contributed by atoms with E-state index in [4.69, 9.17) is 5.73 Å². The number of hydrogen-bond donors (Lipinski definition) is 2. The maximum atomic E-state index is 12.8. The van der Waals surface area contributed by atoms with E-state index in [2.05, 4.69) is 30.2 Å². The summed E-state index contributed by atoms with van der Waals surface area (Å²) in [4.78, 5) is 34.9. The second kappa shape index (κ2) is 6.85. The van der Waals surface area contributed by atoms with Gasteiger partial charge in [-0.25, -0.2) is 19.7 Å². The Morgan fingerprint density at radius 3 is 2.72 bits per heavy atom. The van der Waals surface area contributed by atoms with Gasteiger partial charge in [0, 0.05) is 33.2 Å². The molecule has 4 aromatic rings. The highest BCUT2D eigenvalue weighted by atomic mass is 32.1. The lowest BCUT2D eigenvalue weighted by Crippen LogP contribution is -2.50. The third-order valence-corrected chi connectivity index (χ3v) is 5.79. The van der Waals surface area contributed by atoms with Crippen LogP contribution in [0.15, 0.2) is 29.8 Å². The maximum absolute atomic E-state index is 12.8. The number of para-hydroxylation sites is 2. The van der Waals surface area contributed by atoms with E-state index in [-0.39, 0.29) is 12.0 Å². The van der Waals surface area contributed by atoms with Crippen LogP contribution in [0.2, 0.25) is 0 Å². The molecule has 1 aliphatic rings. The minimum absolute atomic E-state index is 0.163. The first-order chi connectivity index (χ1) is 14.1. The second-order valence-corrected chi connectivity index (χ2v) is 7.63. The number of rotatable bonds is 2. The molecule has 0 atom stereocenters. The average molecular weight is 409 g/mol. The van der Waals surface area contributed by atoms with Gasteiger partial charge in [0.2, 0.25) is 11.9 Å². The molecular weight excluding hydrogens is 390 g/mol. The molecule has 11 heteroatoms. The zero-order valence-electron chi connectivity index (χ0n) is 15.7. The summed E-state index contributed by atoms with van der Waals surface area (Å²) < 4.78 is 1.88. The Hall–Kier alpha value is -3.47. The number of carbonyl (C=O) groups is 1. The van der Waals surface area contributed by atoms with Gasteiger partial charge in [0.25, 0.3) is 0 Å². The fourth-order valence-corrected chi connectivity index (χ4v) is 4.20. The number of aryl methyl sites for hydroxylation is 1. The minimum atomic E-state index is -0.163. The Morgan fingerprint density at radius 2 is 1.93 bits per heavy atom. The Bertz CT molecular complexity index is 1210. The first-order valence-corrected chi connectivity index (χ1v) is 10.1. The molecule has 5 rings (SSSR count). The number of carbonyl (C=O) groups excluding carboxylic acids is 1. The number of thiazole rings is 1. The molecule has 3 N–H and O–H groups in total. The van der Waals surface area contributed by atoms with Gasteiger partial charge >= 0.3 is 6.03 Å². The van der Waals surface area contributed by atoms with Crippen LogP contribution in [-0.2, 0) is 7.05 Å². The van der Waals surface area contributed by atoms with Gasteiger partial charge in [0.1, 0.15) is 5.52 Å². The third kappa shape index (κ3) is 3.09. The van der Waals surface area contributed by atoms with Crippen LogP contribution in [0.5, 0.6) is 0 Å². The molecule has 1 fully saturated rings. The van der Waals surface area contributed by atoms with Crippen molar-refractivity contribution in [3.05, 3.63) is 29.8 Å². The molecule has 3 aromatic heterocycles. The molecule has 0 spiro atoms. The molecule has 4 heterocycles. The normalized spacial score (nSPS) is 14.7. The maximum Gasteiger partial charge on any atom is 0.324 e. The van der Waals surface area contributed by atoms with Crippen molar-refractivity contribution >= 4 is 56.5 Å². The van der Waals surface area contributed by atoms with Crippen molar-refractivity contribution in [1.82, 2.24) is 29.4 Å². The van der Waals surface area contributed by atoms with Crippen molar-refractivity contribution in [3.63, 3.8) is 0 Å². The van der Waals surface area contributed by atoms with E-state index in [1.165, 1.54) is 11.3 Å². The number of nitrogens with one attached hydrogen (secondary N) is 1. The van der Waals surface area contributed by atoms with Crippen LogP contribution in [-0.4, -0.2) is 61.6 Å². The van der Waals surface area contributed by atoms with Gasteiger partial charge < -0.3 is 20.1 Å². The predicted molar refractivity (Wildman–Crippen MR) is 113 cm³/mol. The fourth-order valence-electron chi connectivity index (χ4n) is 3.54. The summed E-state index contributed by atoms with van der Waals surface area (Å²) >= 11 is 1.44. The van der Waals surface area contributed by atoms with Crippen LogP contribution in [0.25, 0.3) is 21.4 Å². The first-order valence-electron chi connectivity index (χ1n) is 9.19. The number of nitrogen functional groups attached to an aromatic ring is 1. The van der Waals surface area contributed by atoms with E-state index in [1.807, 2.05) is 35.9 Å². The molecule has 29 heavy (non-hydrogen) atoms. The Labute approximate surface area is 170 Å². The number of aromatic nitrogens is 5. The van der Waals surface area contributed by atoms with Crippen molar-refractivity contribution in [2.24, 2.45) is 7.05 Å². The van der Waals surface area contributed by atoms with Crippen molar-refractivity contribution in [2.75, 3.05) is 42.1 Å². The summed E-state index contributed by atoms with van der Waals surface area (Å²) in [5, 5.41) is 2.92. The van der Waals surface area contributed by atoms with Crippen LogP contribution >= 0.6 is 11.3 Å². The van der Waals surface area contributed by atoms with Crippen molar-refractivity contribution < 1.29 is 4.79 Å². The molecule has 1 aliphatic heterocycles. The predicted octanol–water partition coefficient (Wildman–Crippen LogP) is 1.91. The van der Waals surface area contributed by atoms with Crippen molar-refractivity contribution in [1.29, 1.82) is 0 Å². The number of anilines is 3. The lowest BCUT2D eigenvalue weighted by Gasteiger charge is -2.35. The molecule has 1 saturated heterocycles. The number of nitrogens with zero attached hydrogens (tertiary/aromatic N) is 7. The van der Waals surface area contributed by atoms with E-state index in [1.54, 1.807) is 10.4 Å². The summed E-state index contributed by atoms with van der Waals surface area (Å²) in [6.07, 6.45) is 0. The highest BCUT2D eigenvalue weighted by Crippen LogP contribution is 2.27. The minimum Gasteiger partial charge on any atom is -0.368 e. The van der Waals surface area contributed by atoms with Gasteiger partial charge in [0.15, 0.2) is 10.6 Å². The number of urea groups is 1. The summed E-state index contributed by atoms with van der Waals surface area (Å²) in [5.41, 5.74) is 10.2. The van der Waals surface area contributed by atoms with Gasteiger partial charge in [0.05, 0.1) is 16.5 Å². The number of amides is 2. The summed E-state index contributed by atoms with van der Waals surface area (Å²) in [5.74, 6) is 1.49. The van der Waals surface area contributed by atoms with Crippen LogP contribution in [0, 0.1) is 0 Å². The van der Waals surface area contributed by atoms with E-state index in [0.717, 1.165) is 27.2 Å². The molecule has 0 saturated carbocycles. The number of piperazine rings is 1. The topological polar surface area (TPSA) is 118 Å². The smallest absolute Gasteiger partial charge is 0.324 e. The van der Waals surface area contributed by atoms with Crippen LogP contribution < -0.4 is 16.0 Å². The third-order valence-electron chi connectivity index (χ3n) is 5.07. The second-order valence-electron chi connectivity index (χ2n) is 6.80. The lowest BCUT2D eigenvalue weighted by atomic mass is 10.3. The molecule has 2 amide bonds. The molecule has 0 unspecified atom stereocenters. The zero-order chi connectivity index (χ0) is 20.0. The Balaban J connectivity index is 1.29. The van der Waals surface area contributed by atoms with E-state index < -0.39 is 0 Å². The monoisotopic (exact) mass is 409 g/mol. The van der Waals surface area contributed by atoms with E-state index >= 15 is 0 Å². The standard InChI is InChI=1S/C18H19N9OS/c1-25-12-5-3-2-4-11(12)21-17(25)24-18(28)27-8-6-26(7-9-27)14-13-15(29-10-20-13)23-16(19)22-14/h2-5,10H,6-9H2,1H3,(H2,19,22,23)(H,21,24,28). The number of imidazole rings is 1. The highest BCUT2D eigenvalue weighted by molar-refractivity contribution is 7.16. The molecule has 1 aromatic carbocycles. The van der Waals surface area contributed by atoms with Gasteiger partial charge in [-0.3, -0.25) is 5.32 Å². The first kappa shape index (κ1) is 17.6. The number of fused-ring (bicyclic) bond motifs is 2. The number of hydrogen-bond acceptors (Lipinski definition) is 8. The van der Waals surface area contributed by atoms with E-state index in [9.17, 15) is 4.79 Å². The van der Waals surface area contributed by atoms with Crippen LogP contribution in [0.4, 0.5) is 22.5 Å². The van der Waals surface area contributed by atoms with Crippen molar-refractivity contribution in [3.8, 4) is 0 Å². The number of nitrogens with two attached hydrogens (primary N) is 1. The van der Waals surface area contributed by atoms with Gasteiger partial charge in [-0.15, -0.1) is 11.3 Å².